The second kappa shape index (κ2) is 6.94. The molecule has 1 aromatic carbocycles. The fourth-order valence-electron chi connectivity index (χ4n) is 2.48. The Morgan fingerprint density at radius 3 is 2.43 bits per heavy atom. The van der Waals surface area contributed by atoms with Gasteiger partial charge in [-0.3, -0.25) is 0 Å². The van der Waals surface area contributed by atoms with Crippen molar-refractivity contribution in [2.24, 2.45) is 0 Å². The molecule has 0 N–H and O–H groups in total. The van der Waals surface area contributed by atoms with Crippen LogP contribution in [0.15, 0.2) is 47.5 Å². The first kappa shape index (κ1) is 15.8. The van der Waals surface area contributed by atoms with Gasteiger partial charge in [-0.1, -0.05) is 44.4 Å². The van der Waals surface area contributed by atoms with Gasteiger partial charge in [0.05, 0.1) is 4.90 Å². The largest absolute Gasteiger partial charge is 0.267 e. The lowest BCUT2D eigenvalue weighted by Crippen LogP contribution is -2.14. The van der Waals surface area contributed by atoms with Crippen LogP contribution in [0.4, 0.5) is 0 Å². The van der Waals surface area contributed by atoms with Crippen LogP contribution < -0.4 is 0 Å². The van der Waals surface area contributed by atoms with E-state index in [2.05, 4.69) is 6.92 Å². The van der Waals surface area contributed by atoms with Gasteiger partial charge in [-0.25, -0.2) is 12.4 Å². The summed E-state index contributed by atoms with van der Waals surface area (Å²) in [5, 5.41) is 0. The molecule has 0 atom stereocenters. The molecule has 0 bridgehead atoms. The van der Waals surface area contributed by atoms with Crippen molar-refractivity contribution >= 4 is 10.0 Å². The van der Waals surface area contributed by atoms with Crippen molar-refractivity contribution in [1.82, 2.24) is 3.97 Å². The molecule has 1 heterocycles. The summed E-state index contributed by atoms with van der Waals surface area (Å²) >= 11 is 0. The normalized spacial score (nSPS) is 11.7. The molecule has 3 nitrogen and oxygen atoms in total. The van der Waals surface area contributed by atoms with E-state index in [1.54, 1.807) is 30.5 Å². The van der Waals surface area contributed by atoms with Gasteiger partial charge in [0.15, 0.2) is 0 Å². The lowest BCUT2D eigenvalue weighted by molar-refractivity contribution is 0.582. The van der Waals surface area contributed by atoms with Crippen LogP contribution in [0.2, 0.25) is 0 Å². The SMILES string of the molecule is CCCCCCc1cc(C)cn1S(=O)(=O)c1ccccc1. The molecule has 21 heavy (non-hydrogen) atoms. The fourth-order valence-corrected chi connectivity index (χ4v) is 3.96. The third kappa shape index (κ3) is 3.76. The lowest BCUT2D eigenvalue weighted by atomic mass is 10.1. The molecule has 0 spiro atoms. The molecule has 2 aromatic rings. The van der Waals surface area contributed by atoms with Crippen LogP contribution in [0, 0.1) is 6.92 Å². The van der Waals surface area contributed by atoms with E-state index in [4.69, 9.17) is 0 Å². The zero-order valence-corrected chi connectivity index (χ0v) is 13.6. The van der Waals surface area contributed by atoms with Gasteiger partial charge in [0.25, 0.3) is 10.0 Å². The Morgan fingerprint density at radius 1 is 1.05 bits per heavy atom. The third-order valence-electron chi connectivity index (χ3n) is 3.58. The summed E-state index contributed by atoms with van der Waals surface area (Å²) < 4.78 is 26.9. The van der Waals surface area contributed by atoms with E-state index in [1.807, 2.05) is 19.1 Å². The Morgan fingerprint density at radius 2 is 1.76 bits per heavy atom. The van der Waals surface area contributed by atoms with E-state index in [0.717, 1.165) is 30.5 Å². The third-order valence-corrected chi connectivity index (χ3v) is 5.31. The molecule has 1 aromatic heterocycles. The first-order chi connectivity index (χ1) is 10.1. The number of unbranched alkanes of at least 4 members (excludes halogenated alkanes) is 3. The van der Waals surface area contributed by atoms with Gasteiger partial charge in [-0.2, -0.15) is 0 Å². The summed E-state index contributed by atoms with van der Waals surface area (Å²) in [6.07, 6.45) is 7.08. The van der Waals surface area contributed by atoms with Crippen LogP contribution in [-0.4, -0.2) is 12.4 Å². The molecule has 0 aliphatic rings. The first-order valence-electron chi connectivity index (χ1n) is 7.54. The minimum absolute atomic E-state index is 0.343. The van der Waals surface area contributed by atoms with Gasteiger partial charge < -0.3 is 0 Å². The summed E-state index contributed by atoms with van der Waals surface area (Å²) in [6.45, 7) is 4.11. The zero-order valence-electron chi connectivity index (χ0n) is 12.7. The predicted octanol–water partition coefficient (Wildman–Crippen LogP) is 4.16. The molecule has 0 amide bonds. The van der Waals surface area contributed by atoms with Crippen molar-refractivity contribution in [2.75, 3.05) is 0 Å². The quantitative estimate of drug-likeness (QED) is 0.721. The molecular formula is C17H23NO2S. The van der Waals surface area contributed by atoms with Gasteiger partial charge in [-0.15, -0.1) is 0 Å². The summed E-state index contributed by atoms with van der Waals surface area (Å²) in [4.78, 5) is 0.343. The smallest absolute Gasteiger partial charge is 0.246 e. The molecule has 2 rings (SSSR count). The van der Waals surface area contributed by atoms with Crippen molar-refractivity contribution in [3.63, 3.8) is 0 Å². The molecule has 114 valence electrons. The van der Waals surface area contributed by atoms with E-state index in [1.165, 1.54) is 16.8 Å². The van der Waals surface area contributed by atoms with Gasteiger partial charge in [0, 0.05) is 11.9 Å². The average Bonchev–Trinajstić information content (AvgIpc) is 2.86. The summed E-state index contributed by atoms with van der Waals surface area (Å²) in [6, 6.07) is 10.6. The molecule has 4 heteroatoms. The monoisotopic (exact) mass is 305 g/mol. The maximum absolute atomic E-state index is 12.7. The average molecular weight is 305 g/mol. The standard InChI is InChI=1S/C17H23NO2S/c1-3-4-5-7-10-16-13-15(2)14-18(16)21(19,20)17-11-8-6-9-12-17/h6,8-9,11-14H,3-5,7,10H2,1-2H3. The minimum atomic E-state index is -3.47. The second-order valence-electron chi connectivity index (χ2n) is 5.43. The molecule has 0 radical (unpaired) electrons. The van der Waals surface area contributed by atoms with E-state index in [-0.39, 0.29) is 0 Å². The summed E-state index contributed by atoms with van der Waals surface area (Å²) in [5.74, 6) is 0. The van der Waals surface area contributed by atoms with E-state index in [0.29, 0.717) is 4.90 Å². The summed E-state index contributed by atoms with van der Waals surface area (Å²) in [7, 11) is -3.47. The van der Waals surface area contributed by atoms with Crippen LogP contribution in [0.5, 0.6) is 0 Å². The van der Waals surface area contributed by atoms with Crippen LogP contribution >= 0.6 is 0 Å². The number of hydrogen-bond acceptors (Lipinski definition) is 2. The van der Waals surface area contributed by atoms with Crippen LogP contribution in [-0.2, 0) is 16.4 Å². The molecule has 0 aliphatic heterocycles. The van der Waals surface area contributed by atoms with Crippen molar-refractivity contribution in [3.05, 3.63) is 53.9 Å². The Kier molecular flexibility index (Phi) is 5.23. The number of aromatic nitrogens is 1. The minimum Gasteiger partial charge on any atom is -0.246 e. The Balaban J connectivity index is 2.27. The Bertz CT molecular complexity index is 672. The van der Waals surface area contributed by atoms with Gasteiger partial charge in [0.2, 0.25) is 0 Å². The van der Waals surface area contributed by atoms with E-state index >= 15 is 0 Å². The van der Waals surface area contributed by atoms with Gasteiger partial charge in [-0.05, 0) is 43.5 Å². The number of hydrogen-bond donors (Lipinski definition) is 0. The topological polar surface area (TPSA) is 39.1 Å². The number of aryl methyl sites for hydroxylation is 2. The Hall–Kier alpha value is -1.55. The highest BCUT2D eigenvalue weighted by atomic mass is 32.2. The molecule has 0 fully saturated rings. The Labute approximate surface area is 127 Å². The van der Waals surface area contributed by atoms with Gasteiger partial charge in [0.1, 0.15) is 0 Å². The fraction of sp³-hybridized carbons (Fsp3) is 0.412. The van der Waals surface area contributed by atoms with Crippen molar-refractivity contribution in [1.29, 1.82) is 0 Å². The highest BCUT2D eigenvalue weighted by molar-refractivity contribution is 7.90. The van der Waals surface area contributed by atoms with Crippen LogP contribution in [0.25, 0.3) is 0 Å². The van der Waals surface area contributed by atoms with Crippen LogP contribution in [0.1, 0.15) is 43.9 Å². The first-order valence-corrected chi connectivity index (χ1v) is 8.98. The van der Waals surface area contributed by atoms with Crippen molar-refractivity contribution < 1.29 is 8.42 Å². The lowest BCUT2D eigenvalue weighted by Gasteiger charge is -2.10. The molecule has 0 saturated carbocycles. The van der Waals surface area contributed by atoms with E-state index in [9.17, 15) is 8.42 Å². The van der Waals surface area contributed by atoms with Crippen molar-refractivity contribution in [3.8, 4) is 0 Å². The number of nitrogens with zero attached hydrogens (tertiary/aromatic N) is 1. The number of benzene rings is 1. The van der Waals surface area contributed by atoms with E-state index < -0.39 is 10.0 Å². The second-order valence-corrected chi connectivity index (χ2v) is 7.25. The maximum Gasteiger partial charge on any atom is 0.267 e. The molecular weight excluding hydrogens is 282 g/mol. The van der Waals surface area contributed by atoms with Crippen molar-refractivity contribution in [2.45, 2.75) is 50.8 Å². The van der Waals surface area contributed by atoms with Crippen LogP contribution in [0.3, 0.4) is 0 Å². The molecule has 0 aliphatic carbocycles. The van der Waals surface area contributed by atoms with Gasteiger partial charge >= 0.3 is 0 Å². The summed E-state index contributed by atoms with van der Waals surface area (Å²) in [5.41, 5.74) is 1.87. The predicted molar refractivity (Wildman–Crippen MR) is 86.0 cm³/mol. The highest BCUT2D eigenvalue weighted by Gasteiger charge is 2.19. The molecule has 0 unspecified atom stereocenters. The molecule has 0 saturated heterocycles. The number of rotatable bonds is 7. The maximum atomic E-state index is 12.7. The highest BCUT2D eigenvalue weighted by Crippen LogP contribution is 2.20. The zero-order chi connectivity index (χ0) is 15.3.